The topological polar surface area (TPSA) is 12.5 Å². The molecule has 18 heavy (non-hydrogen) atoms. The van der Waals surface area contributed by atoms with Gasteiger partial charge in [-0.25, -0.2) is 0 Å². The van der Waals surface area contributed by atoms with Crippen LogP contribution in [0.2, 0.25) is 0 Å². The lowest BCUT2D eigenvalue weighted by Crippen LogP contribution is -2.34. The molecule has 2 rings (SSSR count). The van der Waals surface area contributed by atoms with E-state index in [-0.39, 0.29) is 6.10 Å². The summed E-state index contributed by atoms with van der Waals surface area (Å²) in [5.41, 5.74) is 2.62. The fraction of sp³-hybridized carbons (Fsp3) is 0.467. The van der Waals surface area contributed by atoms with E-state index in [4.69, 9.17) is 4.74 Å². The van der Waals surface area contributed by atoms with Crippen LogP contribution in [0.3, 0.4) is 0 Å². The molecule has 0 bridgehead atoms. The van der Waals surface area contributed by atoms with Gasteiger partial charge < -0.3 is 9.64 Å². The lowest BCUT2D eigenvalue weighted by atomic mass is 10.1. The van der Waals surface area contributed by atoms with Crippen molar-refractivity contribution in [3.05, 3.63) is 41.6 Å². The fourth-order valence-corrected chi connectivity index (χ4v) is 2.58. The predicted molar refractivity (Wildman–Crippen MR) is 77.9 cm³/mol. The van der Waals surface area contributed by atoms with Gasteiger partial charge in [-0.05, 0) is 44.0 Å². The Morgan fingerprint density at radius 1 is 1.33 bits per heavy atom. The number of rotatable bonds is 3. The maximum absolute atomic E-state index is 5.87. The molecule has 0 N–H and O–H groups in total. The van der Waals surface area contributed by atoms with Gasteiger partial charge in [-0.2, -0.15) is 0 Å². The largest absolute Gasteiger partial charge is 0.372 e. The normalized spacial score (nSPS) is 19.7. The van der Waals surface area contributed by atoms with E-state index in [9.17, 15) is 0 Å². The molecule has 1 fully saturated rings. The standard InChI is InChI=1S/C15H21NOS/c1-12(2)10-16-8-9-17-15(11-16)13-4-6-14(18-3)7-5-13/h4-7,10,15H,8-9,11H2,1-3H3. The summed E-state index contributed by atoms with van der Waals surface area (Å²) < 4.78 is 5.87. The zero-order chi connectivity index (χ0) is 13.0. The molecule has 0 spiro atoms. The second-order valence-electron chi connectivity index (χ2n) is 4.83. The van der Waals surface area contributed by atoms with Crippen molar-refractivity contribution in [3.63, 3.8) is 0 Å². The Bertz CT molecular complexity index is 409. The molecule has 0 radical (unpaired) electrons. The Hall–Kier alpha value is -0.930. The third kappa shape index (κ3) is 3.53. The van der Waals surface area contributed by atoms with Crippen LogP contribution in [0.5, 0.6) is 0 Å². The van der Waals surface area contributed by atoms with Gasteiger partial charge in [0.05, 0.1) is 12.7 Å². The molecule has 0 saturated carbocycles. The number of hydrogen-bond acceptors (Lipinski definition) is 3. The van der Waals surface area contributed by atoms with Gasteiger partial charge in [-0.1, -0.05) is 17.7 Å². The van der Waals surface area contributed by atoms with Crippen molar-refractivity contribution in [2.24, 2.45) is 0 Å². The van der Waals surface area contributed by atoms with Crippen molar-refractivity contribution in [2.45, 2.75) is 24.8 Å². The van der Waals surface area contributed by atoms with Crippen LogP contribution in [0.4, 0.5) is 0 Å². The van der Waals surface area contributed by atoms with Crippen LogP contribution in [0, 0.1) is 0 Å². The summed E-state index contributed by atoms with van der Waals surface area (Å²) in [5.74, 6) is 0. The molecule has 1 atom stereocenters. The highest BCUT2D eigenvalue weighted by Crippen LogP contribution is 2.25. The van der Waals surface area contributed by atoms with Gasteiger partial charge in [-0.15, -0.1) is 11.8 Å². The van der Waals surface area contributed by atoms with Crippen molar-refractivity contribution in [2.75, 3.05) is 26.0 Å². The number of allylic oxidation sites excluding steroid dienone is 1. The minimum absolute atomic E-state index is 0.199. The van der Waals surface area contributed by atoms with Crippen molar-refractivity contribution in [1.82, 2.24) is 4.90 Å². The first-order chi connectivity index (χ1) is 8.69. The summed E-state index contributed by atoms with van der Waals surface area (Å²) in [6.07, 6.45) is 4.53. The van der Waals surface area contributed by atoms with Gasteiger partial charge in [0.25, 0.3) is 0 Å². The molecule has 1 aliphatic rings. The van der Waals surface area contributed by atoms with E-state index in [1.54, 1.807) is 11.8 Å². The number of morpholine rings is 1. The third-order valence-electron chi connectivity index (χ3n) is 3.03. The average Bonchev–Trinajstić information content (AvgIpc) is 2.38. The molecule has 1 unspecified atom stereocenters. The first-order valence-corrected chi connectivity index (χ1v) is 7.56. The van der Waals surface area contributed by atoms with Gasteiger partial charge in [0.1, 0.15) is 0 Å². The van der Waals surface area contributed by atoms with Gasteiger partial charge in [0.15, 0.2) is 0 Å². The van der Waals surface area contributed by atoms with Crippen LogP contribution >= 0.6 is 11.8 Å². The van der Waals surface area contributed by atoms with E-state index >= 15 is 0 Å². The van der Waals surface area contributed by atoms with E-state index in [0.717, 1.165) is 19.7 Å². The molecular formula is C15H21NOS. The average molecular weight is 263 g/mol. The summed E-state index contributed by atoms with van der Waals surface area (Å²) in [7, 11) is 0. The highest BCUT2D eigenvalue weighted by molar-refractivity contribution is 7.98. The monoisotopic (exact) mass is 263 g/mol. The molecule has 0 aromatic heterocycles. The molecule has 2 nitrogen and oxygen atoms in total. The minimum Gasteiger partial charge on any atom is -0.372 e. The molecule has 98 valence electrons. The molecule has 1 saturated heterocycles. The lowest BCUT2D eigenvalue weighted by molar-refractivity contribution is -0.0140. The van der Waals surface area contributed by atoms with Crippen LogP contribution in [0.25, 0.3) is 0 Å². The number of thioether (sulfide) groups is 1. The van der Waals surface area contributed by atoms with Gasteiger partial charge in [0.2, 0.25) is 0 Å². The SMILES string of the molecule is CSc1ccc(C2CN(C=C(C)C)CCO2)cc1. The number of nitrogens with zero attached hydrogens (tertiary/aromatic N) is 1. The third-order valence-corrected chi connectivity index (χ3v) is 3.77. The molecule has 1 aliphatic heterocycles. The maximum Gasteiger partial charge on any atom is 0.1000 e. The van der Waals surface area contributed by atoms with Gasteiger partial charge in [0, 0.05) is 18.0 Å². The van der Waals surface area contributed by atoms with Crippen molar-refractivity contribution in [3.8, 4) is 0 Å². The Morgan fingerprint density at radius 3 is 2.67 bits per heavy atom. The summed E-state index contributed by atoms with van der Waals surface area (Å²) >= 11 is 1.77. The number of benzene rings is 1. The van der Waals surface area contributed by atoms with Crippen molar-refractivity contribution < 1.29 is 4.74 Å². The Morgan fingerprint density at radius 2 is 2.06 bits per heavy atom. The van der Waals surface area contributed by atoms with E-state index in [1.807, 2.05) is 0 Å². The first kappa shape index (κ1) is 13.5. The lowest BCUT2D eigenvalue weighted by Gasteiger charge is -2.32. The summed E-state index contributed by atoms with van der Waals surface area (Å²) in [6.45, 7) is 7.02. The molecule has 1 aromatic rings. The Balaban J connectivity index is 2.05. The zero-order valence-corrected chi connectivity index (χ0v) is 12.2. The maximum atomic E-state index is 5.87. The number of ether oxygens (including phenoxy) is 1. The highest BCUT2D eigenvalue weighted by atomic mass is 32.2. The van der Waals surface area contributed by atoms with E-state index in [0.29, 0.717) is 0 Å². The van der Waals surface area contributed by atoms with Crippen LogP contribution in [0.1, 0.15) is 25.5 Å². The Kier molecular flexibility index (Phi) is 4.72. The van der Waals surface area contributed by atoms with Gasteiger partial charge >= 0.3 is 0 Å². The van der Waals surface area contributed by atoms with E-state index in [1.165, 1.54) is 16.0 Å². The van der Waals surface area contributed by atoms with E-state index < -0.39 is 0 Å². The second-order valence-corrected chi connectivity index (χ2v) is 5.71. The molecule has 0 aliphatic carbocycles. The molecule has 3 heteroatoms. The zero-order valence-electron chi connectivity index (χ0n) is 11.3. The van der Waals surface area contributed by atoms with Gasteiger partial charge in [-0.3, -0.25) is 0 Å². The molecular weight excluding hydrogens is 242 g/mol. The quantitative estimate of drug-likeness (QED) is 0.771. The fourth-order valence-electron chi connectivity index (χ4n) is 2.17. The number of hydrogen-bond donors (Lipinski definition) is 0. The molecule has 0 amide bonds. The van der Waals surface area contributed by atoms with E-state index in [2.05, 4.69) is 55.5 Å². The van der Waals surface area contributed by atoms with Crippen LogP contribution in [-0.2, 0) is 4.74 Å². The van der Waals surface area contributed by atoms with Crippen LogP contribution in [-0.4, -0.2) is 30.9 Å². The van der Waals surface area contributed by atoms with Crippen molar-refractivity contribution >= 4 is 11.8 Å². The molecule has 1 heterocycles. The Labute approximate surface area is 114 Å². The predicted octanol–water partition coefficient (Wildman–Crippen LogP) is 3.71. The minimum atomic E-state index is 0.199. The summed E-state index contributed by atoms with van der Waals surface area (Å²) in [5, 5.41) is 0. The molecule has 1 aromatic carbocycles. The van der Waals surface area contributed by atoms with Crippen LogP contribution < -0.4 is 0 Å². The summed E-state index contributed by atoms with van der Waals surface area (Å²) in [4.78, 5) is 3.65. The highest BCUT2D eigenvalue weighted by Gasteiger charge is 2.19. The summed E-state index contributed by atoms with van der Waals surface area (Å²) in [6, 6.07) is 8.71. The second kappa shape index (κ2) is 6.30. The first-order valence-electron chi connectivity index (χ1n) is 6.33. The van der Waals surface area contributed by atoms with Crippen LogP contribution in [0.15, 0.2) is 40.9 Å². The van der Waals surface area contributed by atoms with Crippen molar-refractivity contribution in [1.29, 1.82) is 0 Å². The smallest absolute Gasteiger partial charge is 0.1000 e.